The first-order valence-electron chi connectivity index (χ1n) is 8.22. The van der Waals surface area contributed by atoms with E-state index >= 15 is 0 Å². The van der Waals surface area contributed by atoms with Gasteiger partial charge in [0.15, 0.2) is 5.69 Å². The topological polar surface area (TPSA) is 82.2 Å². The number of nitrogens with one attached hydrogen (secondary N) is 1. The standard InChI is InChI=1S/C19H24N4O2/c1-5-6-7-8-16-17(20)23(13-21-16)15-11-9-14(10-12-15)22-18(24)25-19(2,3)4/h9-13H,5-6,20H2,1-4H3,(H,22,24). The Labute approximate surface area is 148 Å². The zero-order valence-electron chi connectivity index (χ0n) is 15.1. The fraction of sp³-hybridized carbons (Fsp3) is 0.368. The molecule has 1 heterocycles. The van der Waals surface area contributed by atoms with E-state index in [9.17, 15) is 4.79 Å². The van der Waals surface area contributed by atoms with Crippen LogP contribution in [0.3, 0.4) is 0 Å². The Morgan fingerprint density at radius 1 is 1.32 bits per heavy atom. The second-order valence-corrected chi connectivity index (χ2v) is 6.57. The summed E-state index contributed by atoms with van der Waals surface area (Å²) in [5, 5.41) is 2.69. The lowest BCUT2D eigenvalue weighted by Gasteiger charge is -2.19. The van der Waals surface area contributed by atoms with E-state index in [0.717, 1.165) is 18.5 Å². The summed E-state index contributed by atoms with van der Waals surface area (Å²) in [6.07, 6.45) is 2.97. The van der Waals surface area contributed by atoms with E-state index in [1.54, 1.807) is 23.0 Å². The highest BCUT2D eigenvalue weighted by Crippen LogP contribution is 2.19. The summed E-state index contributed by atoms with van der Waals surface area (Å²) < 4.78 is 6.98. The van der Waals surface area contributed by atoms with Crippen molar-refractivity contribution in [3.63, 3.8) is 0 Å². The largest absolute Gasteiger partial charge is 0.444 e. The first-order valence-corrected chi connectivity index (χ1v) is 8.22. The fourth-order valence-electron chi connectivity index (χ4n) is 2.06. The van der Waals surface area contributed by atoms with Crippen molar-refractivity contribution in [2.45, 2.75) is 46.1 Å². The van der Waals surface area contributed by atoms with E-state index in [1.165, 1.54) is 0 Å². The predicted octanol–water partition coefficient (Wildman–Crippen LogP) is 3.95. The molecule has 6 nitrogen and oxygen atoms in total. The van der Waals surface area contributed by atoms with E-state index in [4.69, 9.17) is 10.5 Å². The number of carbonyl (C=O) groups is 1. The molecule has 0 radical (unpaired) electrons. The summed E-state index contributed by atoms with van der Waals surface area (Å²) >= 11 is 0. The SMILES string of the molecule is CCCC#Cc1ncn(-c2ccc(NC(=O)OC(C)(C)C)cc2)c1N. The molecule has 0 unspecified atom stereocenters. The summed E-state index contributed by atoms with van der Waals surface area (Å²) in [4.78, 5) is 16.0. The smallest absolute Gasteiger partial charge is 0.412 e. The van der Waals surface area contributed by atoms with E-state index in [1.807, 2.05) is 32.9 Å². The molecule has 3 N–H and O–H groups in total. The number of ether oxygens (including phenoxy) is 1. The van der Waals surface area contributed by atoms with Gasteiger partial charge in [-0.15, -0.1) is 0 Å². The average Bonchev–Trinajstić information content (AvgIpc) is 2.88. The third-order valence-corrected chi connectivity index (χ3v) is 3.18. The Morgan fingerprint density at radius 2 is 2.00 bits per heavy atom. The highest BCUT2D eigenvalue weighted by atomic mass is 16.6. The van der Waals surface area contributed by atoms with Crippen LogP contribution in [0.2, 0.25) is 0 Å². The Bertz CT molecular complexity index is 790. The van der Waals surface area contributed by atoms with Crippen molar-refractivity contribution in [1.29, 1.82) is 0 Å². The third-order valence-electron chi connectivity index (χ3n) is 3.18. The van der Waals surface area contributed by atoms with Crippen LogP contribution < -0.4 is 11.1 Å². The Kier molecular flexibility index (Phi) is 5.71. The number of imidazole rings is 1. The molecule has 0 atom stereocenters. The Morgan fingerprint density at radius 3 is 2.60 bits per heavy atom. The molecule has 0 aliphatic heterocycles. The number of anilines is 2. The summed E-state index contributed by atoms with van der Waals surface area (Å²) in [6.45, 7) is 7.53. The normalized spacial score (nSPS) is 10.7. The maximum Gasteiger partial charge on any atom is 0.412 e. The van der Waals surface area contributed by atoms with Gasteiger partial charge in [0.05, 0.1) is 0 Å². The molecular weight excluding hydrogens is 316 g/mol. The van der Waals surface area contributed by atoms with Crippen molar-refractivity contribution >= 4 is 17.6 Å². The molecule has 0 saturated carbocycles. The van der Waals surface area contributed by atoms with Crippen LogP contribution in [0.1, 0.15) is 46.2 Å². The van der Waals surface area contributed by atoms with Crippen molar-refractivity contribution in [3.8, 4) is 17.5 Å². The number of amides is 1. The van der Waals surface area contributed by atoms with Crippen LogP contribution >= 0.6 is 0 Å². The number of hydrogen-bond acceptors (Lipinski definition) is 4. The number of hydrogen-bond donors (Lipinski definition) is 2. The lowest BCUT2D eigenvalue weighted by molar-refractivity contribution is 0.0636. The van der Waals surface area contributed by atoms with Gasteiger partial charge in [-0.3, -0.25) is 9.88 Å². The Hall–Kier alpha value is -2.94. The van der Waals surface area contributed by atoms with E-state index in [-0.39, 0.29) is 0 Å². The number of unbranched alkanes of at least 4 members (excludes halogenated alkanes) is 1. The molecule has 0 spiro atoms. The number of aromatic nitrogens is 2. The van der Waals surface area contributed by atoms with Crippen molar-refractivity contribution in [2.24, 2.45) is 0 Å². The van der Waals surface area contributed by atoms with Crippen LogP contribution in [0.4, 0.5) is 16.3 Å². The van der Waals surface area contributed by atoms with Crippen LogP contribution in [-0.2, 0) is 4.74 Å². The van der Waals surface area contributed by atoms with Crippen molar-refractivity contribution in [3.05, 3.63) is 36.3 Å². The number of benzene rings is 1. The van der Waals surface area contributed by atoms with Gasteiger partial charge in [0.1, 0.15) is 17.7 Å². The first-order chi connectivity index (χ1) is 11.8. The zero-order valence-corrected chi connectivity index (χ0v) is 15.1. The maximum absolute atomic E-state index is 11.8. The minimum atomic E-state index is -0.537. The van der Waals surface area contributed by atoms with E-state index in [2.05, 4.69) is 29.1 Å². The van der Waals surface area contributed by atoms with Crippen molar-refractivity contribution < 1.29 is 9.53 Å². The molecule has 0 bridgehead atoms. The van der Waals surface area contributed by atoms with Gasteiger partial charge in [0.25, 0.3) is 0 Å². The zero-order chi connectivity index (χ0) is 18.4. The van der Waals surface area contributed by atoms with Crippen LogP contribution in [0.5, 0.6) is 0 Å². The van der Waals surface area contributed by atoms with Crippen LogP contribution in [-0.4, -0.2) is 21.2 Å². The van der Waals surface area contributed by atoms with Gasteiger partial charge in [-0.25, -0.2) is 9.78 Å². The van der Waals surface area contributed by atoms with E-state index < -0.39 is 11.7 Å². The van der Waals surface area contributed by atoms with Crippen molar-refractivity contribution in [1.82, 2.24) is 9.55 Å². The third kappa shape index (κ3) is 5.28. The van der Waals surface area contributed by atoms with Gasteiger partial charge >= 0.3 is 6.09 Å². The minimum absolute atomic E-state index is 0.490. The van der Waals surface area contributed by atoms with Crippen LogP contribution in [0.15, 0.2) is 30.6 Å². The molecular formula is C19H24N4O2. The molecule has 0 aliphatic rings. The van der Waals surface area contributed by atoms with Gasteiger partial charge in [-0.1, -0.05) is 12.8 Å². The highest BCUT2D eigenvalue weighted by molar-refractivity contribution is 5.85. The van der Waals surface area contributed by atoms with Gasteiger partial charge in [0, 0.05) is 17.8 Å². The lowest BCUT2D eigenvalue weighted by atomic mass is 10.2. The molecule has 1 aromatic carbocycles. The quantitative estimate of drug-likeness (QED) is 0.829. The van der Waals surface area contributed by atoms with Crippen LogP contribution in [0, 0.1) is 11.8 Å². The van der Waals surface area contributed by atoms with Gasteiger partial charge in [-0.2, -0.15) is 0 Å². The van der Waals surface area contributed by atoms with Gasteiger partial charge < -0.3 is 10.5 Å². The summed E-state index contributed by atoms with van der Waals surface area (Å²) in [5.41, 5.74) is 7.63. The number of nitrogens with zero attached hydrogens (tertiary/aromatic N) is 2. The van der Waals surface area contributed by atoms with Crippen molar-refractivity contribution in [2.75, 3.05) is 11.1 Å². The summed E-state index contributed by atoms with van der Waals surface area (Å²) in [6, 6.07) is 7.24. The first kappa shape index (κ1) is 18.4. The molecule has 1 aromatic heterocycles. The predicted molar refractivity (Wildman–Crippen MR) is 99.6 cm³/mol. The second kappa shape index (κ2) is 7.75. The number of nitrogen functional groups attached to an aromatic ring is 1. The number of carbonyl (C=O) groups excluding carboxylic acids is 1. The maximum atomic E-state index is 11.8. The summed E-state index contributed by atoms with van der Waals surface area (Å²) in [7, 11) is 0. The van der Waals surface area contributed by atoms with Gasteiger partial charge in [-0.05, 0) is 57.4 Å². The molecule has 2 rings (SSSR count). The molecule has 2 aromatic rings. The highest BCUT2D eigenvalue weighted by Gasteiger charge is 2.16. The summed E-state index contributed by atoms with van der Waals surface area (Å²) in [5.74, 6) is 6.52. The molecule has 0 fully saturated rings. The molecule has 132 valence electrons. The monoisotopic (exact) mass is 340 g/mol. The average molecular weight is 340 g/mol. The van der Waals surface area contributed by atoms with Crippen LogP contribution in [0.25, 0.3) is 5.69 Å². The number of nitrogens with two attached hydrogens (primary N) is 1. The number of rotatable bonds is 3. The molecule has 6 heteroatoms. The molecule has 25 heavy (non-hydrogen) atoms. The molecule has 0 aliphatic carbocycles. The Balaban J connectivity index is 2.10. The molecule has 1 amide bonds. The lowest BCUT2D eigenvalue weighted by Crippen LogP contribution is -2.27. The molecule has 0 saturated heterocycles. The minimum Gasteiger partial charge on any atom is -0.444 e. The van der Waals surface area contributed by atoms with E-state index in [0.29, 0.717) is 17.2 Å². The second-order valence-electron chi connectivity index (χ2n) is 6.57. The van der Waals surface area contributed by atoms with Gasteiger partial charge in [0.2, 0.25) is 0 Å². The fourth-order valence-corrected chi connectivity index (χ4v) is 2.06.